The van der Waals surface area contributed by atoms with Crippen LogP contribution < -0.4 is 15.8 Å². The molecule has 27 heavy (non-hydrogen) atoms. The molecule has 0 unspecified atom stereocenters. The molecule has 0 bridgehead atoms. The summed E-state index contributed by atoms with van der Waals surface area (Å²) in [6.45, 7) is 4.19. The van der Waals surface area contributed by atoms with E-state index in [1.165, 1.54) is 5.56 Å². The number of hydrogen-bond acceptors (Lipinski definition) is 5. The molecule has 6 heteroatoms. The van der Waals surface area contributed by atoms with Crippen LogP contribution in [-0.4, -0.2) is 31.1 Å². The van der Waals surface area contributed by atoms with Gasteiger partial charge in [-0.25, -0.2) is 0 Å². The Morgan fingerprint density at radius 1 is 1.00 bits per heavy atom. The molecule has 0 atom stereocenters. The van der Waals surface area contributed by atoms with Crippen LogP contribution in [0.3, 0.4) is 0 Å². The molecule has 138 valence electrons. The fraction of sp³-hybridized carbons (Fsp3) is 0.238. The van der Waals surface area contributed by atoms with Gasteiger partial charge in [-0.2, -0.15) is 11.3 Å². The molecule has 4 nitrogen and oxygen atoms in total. The average molecular weight is 399 g/mol. The first-order valence-corrected chi connectivity index (χ1v) is 10.2. The molecule has 2 aromatic carbocycles. The monoisotopic (exact) mass is 398 g/mol. The van der Waals surface area contributed by atoms with E-state index >= 15 is 0 Å². The topological polar surface area (TPSA) is 40.6 Å². The van der Waals surface area contributed by atoms with Crippen LogP contribution in [0.5, 0.6) is 0 Å². The van der Waals surface area contributed by atoms with E-state index in [1.807, 2.05) is 23.1 Å². The van der Waals surface area contributed by atoms with Crippen molar-refractivity contribution in [3.63, 3.8) is 0 Å². The summed E-state index contributed by atoms with van der Waals surface area (Å²) in [5.74, 6) is 0. The van der Waals surface area contributed by atoms with Gasteiger partial charge in [0.15, 0.2) is 0 Å². The van der Waals surface area contributed by atoms with E-state index in [0.29, 0.717) is 16.3 Å². The van der Waals surface area contributed by atoms with Crippen molar-refractivity contribution in [2.75, 3.05) is 31.1 Å². The number of benzene rings is 1. The van der Waals surface area contributed by atoms with Gasteiger partial charge in [0.1, 0.15) is 5.69 Å². The molecule has 0 saturated carbocycles. The standard InChI is InChI=1S/C21H19ClN2O2S/c22-18-4-2-1-3-16(18)5-6-17-19(21(26)20(17)25)24-10-8-23(9-11-24)13-15-7-12-27-14-15/h1-7,12,14H,8-11,13H2/b6-5+. The Hall–Kier alpha value is -2.21. The number of anilines is 1. The van der Waals surface area contributed by atoms with Crippen molar-refractivity contribution in [3.8, 4) is 0 Å². The molecule has 1 aliphatic heterocycles. The summed E-state index contributed by atoms with van der Waals surface area (Å²) < 4.78 is 0. The molecule has 0 spiro atoms. The number of thiophene rings is 1. The first-order valence-electron chi connectivity index (χ1n) is 8.88. The molecular weight excluding hydrogens is 380 g/mol. The van der Waals surface area contributed by atoms with Crippen LogP contribution in [0, 0.1) is 0 Å². The number of halogens is 1. The molecule has 1 fully saturated rings. The highest BCUT2D eigenvalue weighted by molar-refractivity contribution is 7.07. The molecule has 2 heterocycles. The van der Waals surface area contributed by atoms with Crippen LogP contribution in [0.25, 0.3) is 12.2 Å². The van der Waals surface area contributed by atoms with Crippen LogP contribution in [-0.2, 0) is 6.54 Å². The molecule has 1 saturated heterocycles. The second kappa shape index (κ2) is 7.80. The summed E-state index contributed by atoms with van der Waals surface area (Å²) in [5, 5.41) is 4.88. The predicted octanol–water partition coefficient (Wildman–Crippen LogP) is 3.49. The molecule has 0 N–H and O–H groups in total. The van der Waals surface area contributed by atoms with Crippen molar-refractivity contribution in [2.24, 2.45) is 0 Å². The number of nitrogens with zero attached hydrogens (tertiary/aromatic N) is 2. The highest BCUT2D eigenvalue weighted by Gasteiger charge is 2.27. The zero-order valence-electron chi connectivity index (χ0n) is 14.7. The van der Waals surface area contributed by atoms with E-state index in [1.54, 1.807) is 29.6 Å². The fourth-order valence-electron chi connectivity index (χ4n) is 3.42. The highest BCUT2D eigenvalue weighted by atomic mass is 35.5. The van der Waals surface area contributed by atoms with Gasteiger partial charge in [-0.1, -0.05) is 35.9 Å². The Kier molecular flexibility index (Phi) is 5.25. The molecule has 0 aliphatic carbocycles. The van der Waals surface area contributed by atoms with Gasteiger partial charge in [0.05, 0.1) is 5.56 Å². The Morgan fingerprint density at radius 3 is 2.48 bits per heavy atom. The molecule has 0 radical (unpaired) electrons. The minimum atomic E-state index is -0.408. The summed E-state index contributed by atoms with van der Waals surface area (Å²) in [6, 6.07) is 9.58. The first kappa shape index (κ1) is 18.2. The molecule has 1 aromatic heterocycles. The summed E-state index contributed by atoms with van der Waals surface area (Å²) >= 11 is 7.87. The summed E-state index contributed by atoms with van der Waals surface area (Å²) in [5.41, 5.74) is 2.42. The van der Waals surface area contributed by atoms with Crippen LogP contribution >= 0.6 is 22.9 Å². The third-order valence-corrected chi connectivity index (χ3v) is 6.01. The normalized spacial score (nSPS) is 15.8. The molecule has 0 amide bonds. The van der Waals surface area contributed by atoms with Gasteiger partial charge in [-0.15, -0.1) is 0 Å². The van der Waals surface area contributed by atoms with Crippen molar-refractivity contribution in [3.05, 3.63) is 83.3 Å². The van der Waals surface area contributed by atoms with E-state index in [9.17, 15) is 9.59 Å². The summed E-state index contributed by atoms with van der Waals surface area (Å²) in [4.78, 5) is 28.7. The van der Waals surface area contributed by atoms with E-state index in [4.69, 9.17) is 11.6 Å². The Morgan fingerprint density at radius 2 is 1.78 bits per heavy atom. The third kappa shape index (κ3) is 3.76. The van der Waals surface area contributed by atoms with E-state index in [2.05, 4.69) is 21.7 Å². The maximum atomic E-state index is 12.2. The Balaban J connectivity index is 1.46. The fourth-order valence-corrected chi connectivity index (χ4v) is 4.28. The lowest BCUT2D eigenvalue weighted by Gasteiger charge is -2.36. The minimum Gasteiger partial charge on any atom is -0.365 e. The number of hydrogen-bond donors (Lipinski definition) is 0. The van der Waals surface area contributed by atoms with Crippen LogP contribution in [0.1, 0.15) is 16.7 Å². The Labute approximate surface area is 166 Å². The van der Waals surface area contributed by atoms with Gasteiger partial charge in [0, 0.05) is 37.7 Å². The first-order chi connectivity index (χ1) is 13.1. The largest absolute Gasteiger partial charge is 0.365 e. The van der Waals surface area contributed by atoms with Crippen molar-refractivity contribution < 1.29 is 0 Å². The van der Waals surface area contributed by atoms with Crippen molar-refractivity contribution in [2.45, 2.75) is 6.54 Å². The van der Waals surface area contributed by atoms with Crippen molar-refractivity contribution in [1.29, 1.82) is 0 Å². The lowest BCUT2D eigenvalue weighted by atomic mass is 10.0. The molecule has 1 aliphatic rings. The number of rotatable bonds is 5. The lowest BCUT2D eigenvalue weighted by molar-refractivity contribution is 0.250. The Bertz CT molecular complexity index is 1030. The van der Waals surface area contributed by atoms with Gasteiger partial charge in [-0.3, -0.25) is 14.5 Å². The zero-order chi connectivity index (χ0) is 18.8. The second-order valence-electron chi connectivity index (χ2n) is 6.67. The maximum absolute atomic E-state index is 12.2. The van der Waals surface area contributed by atoms with E-state index in [-0.39, 0.29) is 5.43 Å². The van der Waals surface area contributed by atoms with Crippen LogP contribution in [0.4, 0.5) is 5.69 Å². The molecular formula is C21H19ClN2O2S. The van der Waals surface area contributed by atoms with Crippen LogP contribution in [0.2, 0.25) is 5.02 Å². The van der Waals surface area contributed by atoms with Gasteiger partial charge < -0.3 is 4.90 Å². The smallest absolute Gasteiger partial charge is 0.250 e. The SMILES string of the molecule is O=c1c(/C=C/c2ccccc2Cl)c(N2CCN(Cc3ccsc3)CC2)c1=O. The molecule has 4 rings (SSSR count). The average Bonchev–Trinajstić information content (AvgIpc) is 3.19. The minimum absolute atomic E-state index is 0.375. The second-order valence-corrected chi connectivity index (χ2v) is 7.86. The molecule has 3 aromatic rings. The van der Waals surface area contributed by atoms with Gasteiger partial charge >= 0.3 is 0 Å². The zero-order valence-corrected chi connectivity index (χ0v) is 16.3. The van der Waals surface area contributed by atoms with Crippen molar-refractivity contribution >= 4 is 40.8 Å². The van der Waals surface area contributed by atoms with Gasteiger partial charge in [-0.05, 0) is 40.1 Å². The van der Waals surface area contributed by atoms with Crippen molar-refractivity contribution in [1.82, 2.24) is 4.90 Å². The lowest BCUT2D eigenvalue weighted by Crippen LogP contribution is -2.51. The third-order valence-electron chi connectivity index (χ3n) is 4.93. The van der Waals surface area contributed by atoms with E-state index in [0.717, 1.165) is 38.3 Å². The maximum Gasteiger partial charge on any atom is 0.250 e. The van der Waals surface area contributed by atoms with Crippen LogP contribution in [0.15, 0.2) is 50.7 Å². The predicted molar refractivity (Wildman–Crippen MR) is 114 cm³/mol. The summed E-state index contributed by atoms with van der Waals surface area (Å²) in [7, 11) is 0. The highest BCUT2D eigenvalue weighted by Crippen LogP contribution is 2.22. The van der Waals surface area contributed by atoms with Gasteiger partial charge in [0.2, 0.25) is 10.9 Å². The van der Waals surface area contributed by atoms with E-state index < -0.39 is 5.43 Å². The summed E-state index contributed by atoms with van der Waals surface area (Å²) in [6.07, 6.45) is 3.52. The number of piperazine rings is 1. The van der Waals surface area contributed by atoms with Gasteiger partial charge in [0.25, 0.3) is 0 Å². The quantitative estimate of drug-likeness (QED) is 0.617.